The molecule has 6 nitrogen and oxygen atoms in total. The molecule has 3 heterocycles. The van der Waals surface area contributed by atoms with Gasteiger partial charge in [0.05, 0.1) is 5.69 Å². The molecule has 1 aromatic rings. The summed E-state index contributed by atoms with van der Waals surface area (Å²) < 4.78 is 10.5. The van der Waals surface area contributed by atoms with Gasteiger partial charge in [-0.1, -0.05) is 5.16 Å². The second kappa shape index (κ2) is 5.93. The SMILES string of the molecule is Cc1cc(CN2CCN(C(=O)[C@@H]3CCCO3)CC2)no1. The number of nitrogens with zero attached hydrogens (tertiary/aromatic N) is 3. The molecular formula is C14H21N3O3. The summed E-state index contributed by atoms with van der Waals surface area (Å²) in [5.74, 6) is 1.01. The first-order valence-corrected chi connectivity index (χ1v) is 7.27. The molecule has 0 aliphatic carbocycles. The predicted molar refractivity (Wildman–Crippen MR) is 72.1 cm³/mol. The molecule has 2 fully saturated rings. The van der Waals surface area contributed by atoms with E-state index >= 15 is 0 Å². The lowest BCUT2D eigenvalue weighted by atomic mass is 10.2. The third-order valence-corrected chi connectivity index (χ3v) is 3.95. The average molecular weight is 279 g/mol. The number of piperazine rings is 1. The van der Waals surface area contributed by atoms with Gasteiger partial charge in [0.2, 0.25) is 0 Å². The fourth-order valence-electron chi connectivity index (χ4n) is 2.82. The Morgan fingerprint density at radius 1 is 1.40 bits per heavy atom. The number of rotatable bonds is 3. The number of aromatic nitrogens is 1. The summed E-state index contributed by atoms with van der Waals surface area (Å²) in [6, 6.07) is 1.96. The van der Waals surface area contributed by atoms with Gasteiger partial charge in [-0.15, -0.1) is 0 Å². The van der Waals surface area contributed by atoms with E-state index in [4.69, 9.17) is 9.26 Å². The zero-order valence-electron chi connectivity index (χ0n) is 11.9. The number of aryl methyl sites for hydroxylation is 1. The summed E-state index contributed by atoms with van der Waals surface area (Å²) in [6.07, 6.45) is 1.68. The molecule has 1 atom stereocenters. The molecule has 0 bridgehead atoms. The van der Waals surface area contributed by atoms with Crippen LogP contribution in [0.2, 0.25) is 0 Å². The highest BCUT2D eigenvalue weighted by atomic mass is 16.5. The van der Waals surface area contributed by atoms with E-state index in [2.05, 4.69) is 10.1 Å². The van der Waals surface area contributed by atoms with Crippen molar-refractivity contribution in [3.05, 3.63) is 17.5 Å². The van der Waals surface area contributed by atoms with Crippen LogP contribution in [0.3, 0.4) is 0 Å². The molecular weight excluding hydrogens is 258 g/mol. The maximum absolute atomic E-state index is 12.2. The van der Waals surface area contributed by atoms with Crippen molar-refractivity contribution in [2.45, 2.75) is 32.4 Å². The lowest BCUT2D eigenvalue weighted by Crippen LogP contribution is -2.51. The van der Waals surface area contributed by atoms with Crippen LogP contribution in [0.5, 0.6) is 0 Å². The van der Waals surface area contributed by atoms with Crippen LogP contribution in [0.15, 0.2) is 10.6 Å². The zero-order valence-corrected chi connectivity index (χ0v) is 11.9. The first-order chi connectivity index (χ1) is 9.72. The van der Waals surface area contributed by atoms with Gasteiger partial charge in [0.25, 0.3) is 5.91 Å². The molecule has 110 valence electrons. The minimum absolute atomic E-state index is 0.166. The van der Waals surface area contributed by atoms with Crippen LogP contribution in [0.1, 0.15) is 24.3 Å². The van der Waals surface area contributed by atoms with E-state index in [1.807, 2.05) is 17.9 Å². The standard InChI is InChI=1S/C14H21N3O3/c1-11-9-12(15-20-11)10-16-4-6-17(7-5-16)14(18)13-3-2-8-19-13/h9,13H,2-8,10H2,1H3/t13-/m0/s1. The Morgan fingerprint density at radius 2 is 2.20 bits per heavy atom. The fourth-order valence-corrected chi connectivity index (χ4v) is 2.82. The quantitative estimate of drug-likeness (QED) is 0.819. The third kappa shape index (κ3) is 3.02. The van der Waals surface area contributed by atoms with Gasteiger partial charge in [-0.05, 0) is 19.8 Å². The molecule has 2 saturated heterocycles. The molecule has 0 aromatic carbocycles. The van der Waals surface area contributed by atoms with Crippen molar-refractivity contribution in [1.82, 2.24) is 15.0 Å². The van der Waals surface area contributed by atoms with Crippen molar-refractivity contribution in [1.29, 1.82) is 0 Å². The van der Waals surface area contributed by atoms with Crippen LogP contribution in [-0.2, 0) is 16.1 Å². The van der Waals surface area contributed by atoms with Crippen molar-refractivity contribution in [2.75, 3.05) is 32.8 Å². The first-order valence-electron chi connectivity index (χ1n) is 7.27. The Balaban J connectivity index is 1.48. The Morgan fingerprint density at radius 3 is 2.80 bits per heavy atom. The van der Waals surface area contributed by atoms with Crippen molar-refractivity contribution >= 4 is 5.91 Å². The Kier molecular flexibility index (Phi) is 4.03. The molecule has 0 radical (unpaired) electrons. The molecule has 0 spiro atoms. The topological polar surface area (TPSA) is 58.8 Å². The maximum atomic E-state index is 12.2. The molecule has 0 N–H and O–H groups in total. The Labute approximate surface area is 118 Å². The van der Waals surface area contributed by atoms with Gasteiger partial charge >= 0.3 is 0 Å². The highest BCUT2D eigenvalue weighted by molar-refractivity contribution is 5.81. The van der Waals surface area contributed by atoms with Gasteiger partial charge in [0, 0.05) is 45.4 Å². The summed E-state index contributed by atoms with van der Waals surface area (Å²) in [4.78, 5) is 16.5. The van der Waals surface area contributed by atoms with Crippen molar-refractivity contribution in [3.63, 3.8) is 0 Å². The molecule has 1 aromatic heterocycles. The summed E-state index contributed by atoms with van der Waals surface area (Å²) in [7, 11) is 0. The smallest absolute Gasteiger partial charge is 0.251 e. The molecule has 0 saturated carbocycles. The van der Waals surface area contributed by atoms with Gasteiger partial charge in [0.15, 0.2) is 0 Å². The van der Waals surface area contributed by atoms with Crippen LogP contribution < -0.4 is 0 Å². The van der Waals surface area contributed by atoms with Gasteiger partial charge in [-0.3, -0.25) is 9.69 Å². The van der Waals surface area contributed by atoms with E-state index in [1.54, 1.807) is 0 Å². The number of carbonyl (C=O) groups excluding carboxylic acids is 1. The first kappa shape index (κ1) is 13.6. The minimum atomic E-state index is -0.195. The minimum Gasteiger partial charge on any atom is -0.368 e. The van der Waals surface area contributed by atoms with E-state index in [0.29, 0.717) is 0 Å². The van der Waals surface area contributed by atoms with Crippen molar-refractivity contribution in [3.8, 4) is 0 Å². The van der Waals surface area contributed by atoms with Gasteiger partial charge in [0.1, 0.15) is 11.9 Å². The number of hydrogen-bond donors (Lipinski definition) is 0. The summed E-state index contributed by atoms with van der Waals surface area (Å²) in [6.45, 7) is 6.72. The van der Waals surface area contributed by atoms with Crippen molar-refractivity contribution < 1.29 is 14.1 Å². The third-order valence-electron chi connectivity index (χ3n) is 3.95. The Bertz CT molecular complexity index is 460. The van der Waals surface area contributed by atoms with Gasteiger partial charge < -0.3 is 14.2 Å². The lowest BCUT2D eigenvalue weighted by molar-refractivity contribution is -0.142. The predicted octanol–water partition coefficient (Wildman–Crippen LogP) is 0.806. The fraction of sp³-hybridized carbons (Fsp3) is 0.714. The Hall–Kier alpha value is -1.40. The molecule has 20 heavy (non-hydrogen) atoms. The molecule has 2 aliphatic rings. The number of hydrogen-bond acceptors (Lipinski definition) is 5. The van der Waals surface area contributed by atoms with Crippen LogP contribution in [0, 0.1) is 6.92 Å². The van der Waals surface area contributed by atoms with Crippen LogP contribution in [0.4, 0.5) is 0 Å². The average Bonchev–Trinajstić information content (AvgIpc) is 3.11. The van der Waals surface area contributed by atoms with Crippen LogP contribution >= 0.6 is 0 Å². The van der Waals surface area contributed by atoms with E-state index in [9.17, 15) is 4.79 Å². The lowest BCUT2D eigenvalue weighted by Gasteiger charge is -2.35. The maximum Gasteiger partial charge on any atom is 0.251 e. The molecule has 1 amide bonds. The van der Waals surface area contributed by atoms with Crippen LogP contribution in [-0.4, -0.2) is 59.8 Å². The van der Waals surface area contributed by atoms with E-state index < -0.39 is 0 Å². The summed E-state index contributed by atoms with van der Waals surface area (Å²) in [5, 5.41) is 4.01. The number of amides is 1. The summed E-state index contributed by atoms with van der Waals surface area (Å²) >= 11 is 0. The van der Waals surface area contributed by atoms with Crippen molar-refractivity contribution in [2.24, 2.45) is 0 Å². The summed E-state index contributed by atoms with van der Waals surface area (Å²) in [5.41, 5.74) is 0.960. The number of carbonyl (C=O) groups is 1. The second-order valence-electron chi connectivity index (χ2n) is 5.53. The van der Waals surface area contributed by atoms with Crippen LogP contribution in [0.25, 0.3) is 0 Å². The van der Waals surface area contributed by atoms with E-state index in [1.165, 1.54) is 0 Å². The monoisotopic (exact) mass is 279 g/mol. The highest BCUT2D eigenvalue weighted by Crippen LogP contribution is 2.16. The molecule has 2 aliphatic heterocycles. The van der Waals surface area contributed by atoms with E-state index in [-0.39, 0.29) is 12.0 Å². The second-order valence-corrected chi connectivity index (χ2v) is 5.53. The van der Waals surface area contributed by atoms with E-state index in [0.717, 1.165) is 63.6 Å². The number of ether oxygens (including phenoxy) is 1. The largest absolute Gasteiger partial charge is 0.368 e. The molecule has 6 heteroatoms. The van der Waals surface area contributed by atoms with Gasteiger partial charge in [-0.2, -0.15) is 0 Å². The molecule has 0 unspecified atom stereocenters. The zero-order chi connectivity index (χ0) is 13.9. The molecule has 3 rings (SSSR count). The highest BCUT2D eigenvalue weighted by Gasteiger charge is 2.30. The van der Waals surface area contributed by atoms with Gasteiger partial charge in [-0.25, -0.2) is 0 Å². The normalized spacial score (nSPS) is 24.2.